The van der Waals surface area contributed by atoms with Gasteiger partial charge in [-0.1, -0.05) is 18.2 Å². The van der Waals surface area contributed by atoms with Crippen LogP contribution in [0.4, 0.5) is 5.69 Å². The van der Waals surface area contributed by atoms with Gasteiger partial charge in [-0.3, -0.25) is 9.59 Å². The Balaban J connectivity index is 0.00000324. The second kappa shape index (κ2) is 11.7. The van der Waals surface area contributed by atoms with E-state index in [-0.39, 0.29) is 30.4 Å². The third kappa shape index (κ3) is 5.73. The topological polar surface area (TPSA) is 91.2 Å². The van der Waals surface area contributed by atoms with Crippen molar-refractivity contribution in [2.24, 2.45) is 5.73 Å². The number of aromatic nitrogens is 1. The van der Waals surface area contributed by atoms with Gasteiger partial charge in [-0.25, -0.2) is 0 Å². The second-order valence-corrected chi connectivity index (χ2v) is 9.34. The number of fused-ring (bicyclic) bond motifs is 2. The summed E-state index contributed by atoms with van der Waals surface area (Å²) >= 11 is 0. The number of nitrogens with two attached hydrogens (primary N) is 1. The number of benzene rings is 1. The Morgan fingerprint density at radius 3 is 2.59 bits per heavy atom. The number of carbonyl (C=O) groups is 1. The van der Waals surface area contributed by atoms with Gasteiger partial charge in [0.05, 0.1) is 0 Å². The van der Waals surface area contributed by atoms with Gasteiger partial charge in [0.25, 0.3) is 11.5 Å². The maximum absolute atomic E-state index is 13.3. The van der Waals surface area contributed by atoms with Crippen LogP contribution in [0, 0.1) is 6.92 Å². The van der Waals surface area contributed by atoms with E-state index in [1.165, 1.54) is 0 Å². The molecule has 1 aromatic carbocycles. The number of aromatic amines is 1. The lowest BCUT2D eigenvalue weighted by Crippen LogP contribution is -2.41. The number of hydrogen-bond donors (Lipinski definition) is 3. The lowest BCUT2D eigenvalue weighted by molar-refractivity contribution is 0.0950. The fraction of sp³-hybridized carbons (Fsp3) is 0.481. The normalized spacial score (nSPS) is 21.6. The highest BCUT2D eigenvalue weighted by Gasteiger charge is 2.26. The first-order valence-electron chi connectivity index (χ1n) is 12.3. The van der Waals surface area contributed by atoms with Crippen molar-refractivity contribution in [2.75, 3.05) is 11.4 Å². The minimum absolute atomic E-state index is 0. The Bertz CT molecular complexity index is 1090. The highest BCUT2D eigenvalue weighted by Crippen LogP contribution is 2.32. The monoisotopic (exact) mass is 484 g/mol. The number of halogens is 1. The highest BCUT2D eigenvalue weighted by atomic mass is 35.5. The Morgan fingerprint density at radius 2 is 1.85 bits per heavy atom. The summed E-state index contributed by atoms with van der Waals surface area (Å²) in [5, 5.41) is 3.02. The number of H-pyrrole nitrogens is 1. The molecular weight excluding hydrogens is 448 g/mol. The zero-order chi connectivity index (χ0) is 23.4. The first-order chi connectivity index (χ1) is 16.0. The molecule has 7 heteroatoms. The number of pyridine rings is 1. The van der Waals surface area contributed by atoms with Crippen LogP contribution in [0.1, 0.15) is 71.8 Å². The molecule has 0 saturated heterocycles. The summed E-state index contributed by atoms with van der Waals surface area (Å²) in [6.45, 7) is 5.20. The Hall–Kier alpha value is -2.57. The molecule has 1 fully saturated rings. The van der Waals surface area contributed by atoms with E-state index in [0.29, 0.717) is 29.6 Å². The summed E-state index contributed by atoms with van der Waals surface area (Å²) in [4.78, 5) is 31.2. The number of nitrogens with one attached hydrogen (secondary N) is 2. The van der Waals surface area contributed by atoms with Gasteiger partial charge >= 0.3 is 0 Å². The molecular formula is C27H37ClN4O2. The minimum atomic E-state index is -0.131. The number of aryl methyl sites for hydroxylation is 2. The van der Waals surface area contributed by atoms with Crippen LogP contribution in [0.2, 0.25) is 0 Å². The van der Waals surface area contributed by atoms with Gasteiger partial charge in [0.15, 0.2) is 0 Å². The van der Waals surface area contributed by atoms with Crippen LogP contribution in [0.5, 0.6) is 0 Å². The molecule has 0 bridgehead atoms. The molecule has 0 spiro atoms. The Labute approximate surface area is 208 Å². The number of anilines is 1. The van der Waals surface area contributed by atoms with Gasteiger partial charge in [0.1, 0.15) is 0 Å². The minimum Gasteiger partial charge on any atom is -0.369 e. The average Bonchev–Trinajstić information content (AvgIpc) is 2.79. The SMILES string of the molecule is CCN(c1cccc2c1C/C=C/CCc1cc(C)[nH]c(=O)c1CNC2=O)[C@H]1CC[C@H](N)CC1.Cl. The maximum Gasteiger partial charge on any atom is 0.253 e. The summed E-state index contributed by atoms with van der Waals surface area (Å²) in [5.74, 6) is -0.131. The Morgan fingerprint density at radius 1 is 1.09 bits per heavy atom. The zero-order valence-corrected chi connectivity index (χ0v) is 21.0. The third-order valence-electron chi connectivity index (χ3n) is 7.09. The number of rotatable bonds is 3. The molecule has 0 unspecified atom stereocenters. The van der Waals surface area contributed by atoms with E-state index in [1.807, 2.05) is 25.1 Å². The van der Waals surface area contributed by atoms with Gasteiger partial charge in [-0.05, 0) is 88.1 Å². The smallest absolute Gasteiger partial charge is 0.253 e. The van der Waals surface area contributed by atoms with E-state index >= 15 is 0 Å². The predicted octanol–water partition coefficient (Wildman–Crippen LogP) is 4.18. The summed E-state index contributed by atoms with van der Waals surface area (Å²) in [6, 6.07) is 8.79. The average molecular weight is 485 g/mol. The van der Waals surface area contributed by atoms with E-state index in [9.17, 15) is 9.59 Å². The molecule has 34 heavy (non-hydrogen) atoms. The van der Waals surface area contributed by atoms with Gasteiger partial charge in [-0.2, -0.15) is 0 Å². The molecule has 6 nitrogen and oxygen atoms in total. The van der Waals surface area contributed by atoms with Crippen LogP contribution in [-0.4, -0.2) is 29.5 Å². The molecule has 0 atom stereocenters. The van der Waals surface area contributed by atoms with Crippen molar-refractivity contribution >= 4 is 24.0 Å². The first-order valence-corrected chi connectivity index (χ1v) is 12.3. The third-order valence-corrected chi connectivity index (χ3v) is 7.09. The molecule has 2 aromatic rings. The van der Waals surface area contributed by atoms with Gasteiger partial charge in [0.2, 0.25) is 0 Å². The van der Waals surface area contributed by atoms with Crippen LogP contribution in [0.3, 0.4) is 0 Å². The lowest BCUT2D eigenvalue weighted by atomic mass is 9.89. The highest BCUT2D eigenvalue weighted by molar-refractivity contribution is 5.97. The fourth-order valence-corrected chi connectivity index (χ4v) is 5.33. The van der Waals surface area contributed by atoms with E-state index < -0.39 is 0 Å². The van der Waals surface area contributed by atoms with E-state index in [2.05, 4.69) is 40.3 Å². The molecule has 1 amide bonds. The number of nitrogens with zero attached hydrogens (tertiary/aromatic N) is 1. The summed E-state index contributed by atoms with van der Waals surface area (Å²) in [6.07, 6.45) is 11.0. The maximum atomic E-state index is 13.3. The van der Waals surface area contributed by atoms with Gasteiger partial charge < -0.3 is 20.9 Å². The standard InChI is InChI=1S/C27H36N4O2.ClH/c1-3-31(21-14-12-20(28)13-15-21)25-11-7-10-23-22(25)9-6-4-5-8-19-16-18(2)30-27(33)24(19)17-29-26(23)32;/h4,6-7,10-11,16,20-21H,3,5,8-9,12-15,17,28H2,1-2H3,(H,29,32)(H,30,33);1H/b6-4+;/t20-,21-;. The molecule has 2 aliphatic rings. The molecule has 4 N–H and O–H groups in total. The fourth-order valence-electron chi connectivity index (χ4n) is 5.33. The van der Waals surface area contributed by atoms with Crippen molar-refractivity contribution in [3.63, 3.8) is 0 Å². The van der Waals surface area contributed by atoms with Gasteiger partial charge in [-0.15, -0.1) is 12.4 Å². The van der Waals surface area contributed by atoms with Crippen molar-refractivity contribution < 1.29 is 4.79 Å². The van der Waals surface area contributed by atoms with Crippen molar-refractivity contribution in [1.29, 1.82) is 0 Å². The molecule has 1 aliphatic heterocycles. The molecule has 1 aliphatic carbocycles. The second-order valence-electron chi connectivity index (χ2n) is 9.34. The number of carbonyl (C=O) groups excluding carboxylic acids is 1. The molecule has 2 heterocycles. The zero-order valence-electron chi connectivity index (χ0n) is 20.2. The largest absolute Gasteiger partial charge is 0.369 e. The summed E-state index contributed by atoms with van der Waals surface area (Å²) < 4.78 is 0. The van der Waals surface area contributed by atoms with Crippen molar-refractivity contribution in [2.45, 2.75) is 77.4 Å². The summed E-state index contributed by atoms with van der Waals surface area (Å²) in [7, 11) is 0. The van der Waals surface area contributed by atoms with E-state index in [4.69, 9.17) is 5.73 Å². The Kier molecular flexibility index (Phi) is 8.97. The molecule has 184 valence electrons. The lowest BCUT2D eigenvalue weighted by Gasteiger charge is -2.38. The van der Waals surface area contributed by atoms with Crippen LogP contribution in [-0.2, 0) is 19.4 Å². The first kappa shape index (κ1) is 26.0. The molecule has 1 aromatic heterocycles. The van der Waals surface area contributed by atoms with Crippen LogP contribution >= 0.6 is 12.4 Å². The van der Waals surface area contributed by atoms with Crippen molar-refractivity contribution in [1.82, 2.24) is 10.3 Å². The van der Waals surface area contributed by atoms with Crippen LogP contribution in [0.15, 0.2) is 41.2 Å². The van der Waals surface area contributed by atoms with Crippen molar-refractivity contribution in [3.05, 3.63) is 74.7 Å². The molecule has 0 radical (unpaired) electrons. The quantitative estimate of drug-likeness (QED) is 0.570. The molecule has 1 saturated carbocycles. The number of hydrogen-bond acceptors (Lipinski definition) is 4. The summed E-state index contributed by atoms with van der Waals surface area (Å²) in [5.41, 5.74) is 11.4. The van der Waals surface area contributed by atoms with Gasteiger partial charge in [0, 0.05) is 47.7 Å². The number of amides is 1. The van der Waals surface area contributed by atoms with Crippen LogP contribution < -0.4 is 21.5 Å². The van der Waals surface area contributed by atoms with E-state index in [1.54, 1.807) is 0 Å². The van der Waals surface area contributed by atoms with E-state index in [0.717, 1.165) is 67.6 Å². The van der Waals surface area contributed by atoms with Crippen LogP contribution in [0.25, 0.3) is 0 Å². The molecule has 4 rings (SSSR count). The van der Waals surface area contributed by atoms with Crippen molar-refractivity contribution in [3.8, 4) is 0 Å². The number of allylic oxidation sites excluding steroid dienone is 2. The predicted molar refractivity (Wildman–Crippen MR) is 141 cm³/mol.